The van der Waals surface area contributed by atoms with Crippen molar-refractivity contribution in [1.82, 2.24) is 0 Å². The van der Waals surface area contributed by atoms with Crippen LogP contribution in [0.2, 0.25) is 0 Å². The number of ether oxygens (including phenoxy) is 2. The summed E-state index contributed by atoms with van der Waals surface area (Å²) < 4.78 is 39.4. The molecule has 0 bridgehead atoms. The average Bonchev–Trinajstić information content (AvgIpc) is 2.94. The fourth-order valence-corrected chi connectivity index (χ4v) is 3.98. The minimum atomic E-state index is -3.83. The van der Waals surface area contributed by atoms with Crippen LogP contribution >= 0.6 is 0 Å². The Morgan fingerprint density at radius 2 is 1.96 bits per heavy atom. The quantitative estimate of drug-likeness (QED) is 0.790. The molecule has 1 atom stereocenters. The first-order valence-corrected chi connectivity index (χ1v) is 10.1. The van der Waals surface area contributed by atoms with E-state index in [2.05, 4.69) is 10.0 Å². The number of hydrogen-bond donors (Lipinski definition) is 2. The monoisotopic (exact) mass is 390 g/mol. The fraction of sp³-hybridized carbons (Fsp3) is 0.316. The molecule has 2 aromatic rings. The van der Waals surface area contributed by atoms with Gasteiger partial charge >= 0.3 is 0 Å². The number of hydrogen-bond acceptors (Lipinski definition) is 5. The van der Waals surface area contributed by atoms with Gasteiger partial charge in [-0.05, 0) is 44.2 Å². The molecular formula is C19H22N2O5S. The third kappa shape index (κ3) is 4.33. The van der Waals surface area contributed by atoms with Crippen LogP contribution in [0.4, 0.5) is 11.4 Å². The Bertz CT molecular complexity index is 955. The van der Waals surface area contributed by atoms with Gasteiger partial charge in [0, 0.05) is 30.7 Å². The third-order valence-electron chi connectivity index (χ3n) is 4.03. The molecule has 1 heterocycles. The first-order chi connectivity index (χ1) is 12.8. The van der Waals surface area contributed by atoms with E-state index >= 15 is 0 Å². The van der Waals surface area contributed by atoms with Crippen LogP contribution in [0.5, 0.6) is 11.5 Å². The Kier molecular flexibility index (Phi) is 5.27. The van der Waals surface area contributed by atoms with Gasteiger partial charge in [-0.3, -0.25) is 9.52 Å². The molecule has 0 unspecified atom stereocenters. The van der Waals surface area contributed by atoms with Crippen LogP contribution in [-0.2, 0) is 21.2 Å². The standard InChI is InChI=1S/C19H22N2O5S/c1-4-25-19-10-14-9-12(2)26-18(14)11-17(19)21-27(23,24)16-7-5-15(6-8-16)20-13(3)22/h5-8,10-12,21H,4,9H2,1-3H3,(H,20,22)/t12-/m0/s1. The zero-order valence-corrected chi connectivity index (χ0v) is 16.2. The largest absolute Gasteiger partial charge is 0.492 e. The fourth-order valence-electron chi connectivity index (χ4n) is 2.92. The maximum Gasteiger partial charge on any atom is 0.262 e. The highest BCUT2D eigenvalue weighted by atomic mass is 32.2. The lowest BCUT2D eigenvalue weighted by Crippen LogP contribution is -2.14. The normalized spacial score (nSPS) is 15.6. The summed E-state index contributed by atoms with van der Waals surface area (Å²) in [4.78, 5) is 11.2. The molecule has 144 valence electrons. The van der Waals surface area contributed by atoms with Gasteiger partial charge in [0.1, 0.15) is 17.6 Å². The second-order valence-corrected chi connectivity index (χ2v) is 8.02. The number of benzene rings is 2. The van der Waals surface area contributed by atoms with E-state index in [0.29, 0.717) is 29.5 Å². The summed E-state index contributed by atoms with van der Waals surface area (Å²) in [6.07, 6.45) is 0.801. The highest BCUT2D eigenvalue weighted by Crippen LogP contribution is 2.38. The maximum atomic E-state index is 12.8. The van der Waals surface area contributed by atoms with Crippen LogP contribution in [0.15, 0.2) is 41.3 Å². The van der Waals surface area contributed by atoms with E-state index in [4.69, 9.17) is 9.47 Å². The van der Waals surface area contributed by atoms with E-state index in [0.717, 1.165) is 12.0 Å². The van der Waals surface area contributed by atoms with Crippen LogP contribution < -0.4 is 19.5 Å². The minimum absolute atomic E-state index is 0.0441. The third-order valence-corrected chi connectivity index (χ3v) is 5.41. The molecule has 1 amide bonds. The SMILES string of the molecule is CCOc1cc2c(cc1NS(=O)(=O)c1ccc(NC(C)=O)cc1)O[C@@H](C)C2. The van der Waals surface area contributed by atoms with E-state index in [1.807, 2.05) is 19.9 Å². The maximum absolute atomic E-state index is 12.8. The van der Waals surface area contributed by atoms with Crippen LogP contribution in [0.1, 0.15) is 26.3 Å². The second kappa shape index (κ2) is 7.48. The van der Waals surface area contributed by atoms with E-state index in [1.165, 1.54) is 31.2 Å². The highest BCUT2D eigenvalue weighted by molar-refractivity contribution is 7.92. The molecule has 0 spiro atoms. The van der Waals surface area contributed by atoms with Gasteiger partial charge < -0.3 is 14.8 Å². The van der Waals surface area contributed by atoms with Crippen LogP contribution in [0.3, 0.4) is 0 Å². The van der Waals surface area contributed by atoms with E-state index in [9.17, 15) is 13.2 Å². The van der Waals surface area contributed by atoms with Crippen molar-refractivity contribution in [1.29, 1.82) is 0 Å². The van der Waals surface area contributed by atoms with Crippen LogP contribution in [0.25, 0.3) is 0 Å². The minimum Gasteiger partial charge on any atom is -0.492 e. The number of rotatable bonds is 6. The van der Waals surface area contributed by atoms with Gasteiger partial charge in [0.05, 0.1) is 17.2 Å². The number of carbonyl (C=O) groups excluding carboxylic acids is 1. The molecule has 27 heavy (non-hydrogen) atoms. The summed E-state index contributed by atoms with van der Waals surface area (Å²) in [6.45, 7) is 5.60. The molecule has 0 saturated carbocycles. The summed E-state index contributed by atoms with van der Waals surface area (Å²) in [7, 11) is -3.83. The molecule has 8 heteroatoms. The van der Waals surface area contributed by atoms with Gasteiger partial charge in [0.25, 0.3) is 10.0 Å². The smallest absolute Gasteiger partial charge is 0.262 e. The molecule has 7 nitrogen and oxygen atoms in total. The lowest BCUT2D eigenvalue weighted by Gasteiger charge is -2.15. The van der Waals surface area contributed by atoms with Gasteiger partial charge in [0.2, 0.25) is 5.91 Å². The Morgan fingerprint density at radius 1 is 1.26 bits per heavy atom. The molecule has 0 fully saturated rings. The molecule has 2 N–H and O–H groups in total. The summed E-state index contributed by atoms with van der Waals surface area (Å²) in [5, 5.41) is 2.60. The van der Waals surface area contributed by atoms with Crippen LogP contribution in [0, 0.1) is 0 Å². The Labute approximate surface area is 158 Å². The van der Waals surface area contributed by atoms with Crippen molar-refractivity contribution in [2.75, 3.05) is 16.6 Å². The van der Waals surface area contributed by atoms with Crippen molar-refractivity contribution in [2.24, 2.45) is 0 Å². The molecule has 3 rings (SSSR count). The predicted octanol–water partition coefficient (Wildman–Crippen LogP) is 3.17. The van der Waals surface area contributed by atoms with Crippen molar-refractivity contribution in [2.45, 2.75) is 38.2 Å². The Hall–Kier alpha value is -2.74. The summed E-state index contributed by atoms with van der Waals surface area (Å²) in [5.41, 5.74) is 1.85. The van der Waals surface area contributed by atoms with Crippen LogP contribution in [-0.4, -0.2) is 27.0 Å². The lowest BCUT2D eigenvalue weighted by atomic mass is 10.1. The predicted molar refractivity (Wildman–Crippen MR) is 103 cm³/mol. The Balaban J connectivity index is 1.89. The van der Waals surface area contributed by atoms with E-state index in [-0.39, 0.29) is 16.9 Å². The second-order valence-electron chi connectivity index (χ2n) is 6.33. The van der Waals surface area contributed by atoms with Gasteiger partial charge in [-0.15, -0.1) is 0 Å². The summed E-state index contributed by atoms with van der Waals surface area (Å²) >= 11 is 0. The number of fused-ring (bicyclic) bond motifs is 1. The molecule has 1 aliphatic heterocycles. The van der Waals surface area contributed by atoms with Gasteiger partial charge in [-0.2, -0.15) is 0 Å². The summed E-state index contributed by atoms with van der Waals surface area (Å²) in [5.74, 6) is 0.898. The number of anilines is 2. The molecule has 0 radical (unpaired) electrons. The van der Waals surface area contributed by atoms with Crippen molar-refractivity contribution in [3.63, 3.8) is 0 Å². The van der Waals surface area contributed by atoms with E-state index in [1.54, 1.807) is 6.07 Å². The zero-order chi connectivity index (χ0) is 19.6. The number of carbonyl (C=O) groups is 1. The highest BCUT2D eigenvalue weighted by Gasteiger charge is 2.24. The van der Waals surface area contributed by atoms with Gasteiger partial charge in [-0.1, -0.05) is 0 Å². The number of nitrogens with one attached hydrogen (secondary N) is 2. The molecule has 1 aliphatic rings. The van der Waals surface area contributed by atoms with Crippen molar-refractivity contribution in [3.05, 3.63) is 42.0 Å². The van der Waals surface area contributed by atoms with Crippen molar-refractivity contribution < 1.29 is 22.7 Å². The molecule has 0 saturated heterocycles. The molecule has 0 aromatic heterocycles. The van der Waals surface area contributed by atoms with Crippen molar-refractivity contribution in [3.8, 4) is 11.5 Å². The van der Waals surface area contributed by atoms with Gasteiger partial charge in [0.15, 0.2) is 0 Å². The molecular weight excluding hydrogens is 368 g/mol. The van der Waals surface area contributed by atoms with Crippen molar-refractivity contribution >= 4 is 27.3 Å². The average molecular weight is 390 g/mol. The number of amides is 1. The first-order valence-electron chi connectivity index (χ1n) is 8.65. The molecule has 0 aliphatic carbocycles. The molecule has 2 aromatic carbocycles. The first kappa shape index (κ1) is 19.0. The topological polar surface area (TPSA) is 93.7 Å². The van der Waals surface area contributed by atoms with E-state index < -0.39 is 10.0 Å². The summed E-state index contributed by atoms with van der Waals surface area (Å²) in [6, 6.07) is 9.41. The number of sulfonamides is 1. The Morgan fingerprint density at radius 3 is 2.59 bits per heavy atom. The lowest BCUT2D eigenvalue weighted by molar-refractivity contribution is -0.114. The zero-order valence-electron chi connectivity index (χ0n) is 15.4. The van der Waals surface area contributed by atoms with Gasteiger partial charge in [-0.25, -0.2) is 8.42 Å².